The molecule has 1 rings (SSSR count). The van der Waals surface area contributed by atoms with Crippen molar-refractivity contribution in [3.63, 3.8) is 0 Å². The molecular formula is C12H23NO2. The Balaban J connectivity index is 2.25. The van der Waals surface area contributed by atoms with E-state index in [1.807, 2.05) is 0 Å². The van der Waals surface area contributed by atoms with E-state index in [-0.39, 0.29) is 12.5 Å². The quantitative estimate of drug-likeness (QED) is 0.728. The highest BCUT2D eigenvalue weighted by Gasteiger charge is 2.64. The number of aliphatic hydroxyl groups is 1. The molecule has 0 atom stereocenters. The second kappa shape index (κ2) is 4.12. The van der Waals surface area contributed by atoms with Crippen molar-refractivity contribution in [2.24, 2.45) is 16.7 Å². The first-order valence-electron chi connectivity index (χ1n) is 5.71. The Morgan fingerprint density at radius 3 is 2.20 bits per heavy atom. The maximum Gasteiger partial charge on any atom is 0.220 e. The van der Waals surface area contributed by atoms with Crippen molar-refractivity contribution in [3.05, 3.63) is 0 Å². The largest absolute Gasteiger partial charge is 0.396 e. The fraction of sp³-hybridized carbons (Fsp3) is 0.917. The van der Waals surface area contributed by atoms with E-state index in [4.69, 9.17) is 5.11 Å². The van der Waals surface area contributed by atoms with Gasteiger partial charge in [-0.05, 0) is 23.2 Å². The van der Waals surface area contributed by atoms with E-state index in [2.05, 4.69) is 33.0 Å². The Labute approximate surface area is 92.3 Å². The van der Waals surface area contributed by atoms with Crippen molar-refractivity contribution in [1.29, 1.82) is 0 Å². The topological polar surface area (TPSA) is 49.3 Å². The predicted molar refractivity (Wildman–Crippen MR) is 60.4 cm³/mol. The lowest BCUT2D eigenvalue weighted by Gasteiger charge is -2.05. The van der Waals surface area contributed by atoms with Crippen LogP contribution >= 0.6 is 0 Å². The van der Waals surface area contributed by atoms with Gasteiger partial charge in [0.05, 0.1) is 0 Å². The number of amides is 1. The highest BCUT2D eigenvalue weighted by atomic mass is 16.3. The molecule has 0 radical (unpaired) electrons. The molecule has 0 aromatic carbocycles. The zero-order valence-electron chi connectivity index (χ0n) is 10.3. The van der Waals surface area contributed by atoms with Gasteiger partial charge in [-0.3, -0.25) is 4.79 Å². The summed E-state index contributed by atoms with van der Waals surface area (Å²) >= 11 is 0. The van der Waals surface area contributed by atoms with Crippen molar-refractivity contribution >= 4 is 5.91 Å². The molecule has 3 heteroatoms. The molecule has 0 unspecified atom stereocenters. The van der Waals surface area contributed by atoms with E-state index in [0.717, 1.165) is 6.54 Å². The standard InChI is InChI=1S/C12H23NO2/c1-11(2)9(12(11,3)4)8-13-10(15)6-5-7-14/h9,14H,5-8H2,1-4H3,(H,13,15). The number of aliphatic hydroxyl groups excluding tert-OH is 1. The summed E-state index contributed by atoms with van der Waals surface area (Å²) in [6.07, 6.45) is 0.993. The molecule has 0 aromatic heterocycles. The summed E-state index contributed by atoms with van der Waals surface area (Å²) in [6.45, 7) is 9.85. The van der Waals surface area contributed by atoms with E-state index in [1.165, 1.54) is 0 Å². The fourth-order valence-corrected chi connectivity index (χ4v) is 2.39. The Kier molecular flexibility index (Phi) is 3.44. The van der Waals surface area contributed by atoms with Gasteiger partial charge in [0, 0.05) is 19.6 Å². The minimum atomic E-state index is 0.0579. The fourth-order valence-electron chi connectivity index (χ4n) is 2.39. The molecular weight excluding hydrogens is 190 g/mol. The van der Waals surface area contributed by atoms with Gasteiger partial charge in [-0.25, -0.2) is 0 Å². The van der Waals surface area contributed by atoms with Crippen LogP contribution in [0, 0.1) is 16.7 Å². The SMILES string of the molecule is CC1(C)C(CNC(=O)CCCO)C1(C)C. The van der Waals surface area contributed by atoms with Crippen molar-refractivity contribution < 1.29 is 9.90 Å². The average molecular weight is 213 g/mol. The molecule has 0 heterocycles. The van der Waals surface area contributed by atoms with E-state index in [0.29, 0.717) is 29.6 Å². The molecule has 0 aliphatic heterocycles. The molecule has 2 N–H and O–H groups in total. The number of carbonyl (C=O) groups excluding carboxylic acids is 1. The lowest BCUT2D eigenvalue weighted by Crippen LogP contribution is -2.27. The highest BCUT2D eigenvalue weighted by Crippen LogP contribution is 2.67. The van der Waals surface area contributed by atoms with Crippen LogP contribution < -0.4 is 5.32 Å². The molecule has 1 aliphatic rings. The van der Waals surface area contributed by atoms with E-state index in [9.17, 15) is 4.79 Å². The van der Waals surface area contributed by atoms with Gasteiger partial charge in [-0.15, -0.1) is 0 Å². The van der Waals surface area contributed by atoms with Gasteiger partial charge in [0.2, 0.25) is 5.91 Å². The zero-order valence-corrected chi connectivity index (χ0v) is 10.3. The van der Waals surface area contributed by atoms with Crippen LogP contribution in [0.15, 0.2) is 0 Å². The Morgan fingerprint density at radius 1 is 1.27 bits per heavy atom. The number of hydrogen-bond acceptors (Lipinski definition) is 2. The third-order valence-corrected chi connectivity index (χ3v) is 4.38. The van der Waals surface area contributed by atoms with Gasteiger partial charge in [-0.1, -0.05) is 27.7 Å². The molecule has 0 spiro atoms. The second-order valence-corrected chi connectivity index (χ2v) is 5.63. The van der Waals surface area contributed by atoms with Crippen LogP contribution in [-0.4, -0.2) is 24.2 Å². The summed E-state index contributed by atoms with van der Waals surface area (Å²) in [6, 6.07) is 0. The van der Waals surface area contributed by atoms with Crippen LogP contribution in [0.4, 0.5) is 0 Å². The minimum Gasteiger partial charge on any atom is -0.396 e. The Bertz CT molecular complexity index is 232. The van der Waals surface area contributed by atoms with Crippen LogP contribution in [0.2, 0.25) is 0 Å². The van der Waals surface area contributed by atoms with Gasteiger partial charge >= 0.3 is 0 Å². The molecule has 1 saturated carbocycles. The molecule has 3 nitrogen and oxygen atoms in total. The van der Waals surface area contributed by atoms with Crippen LogP contribution in [0.25, 0.3) is 0 Å². The smallest absolute Gasteiger partial charge is 0.220 e. The van der Waals surface area contributed by atoms with Crippen molar-refractivity contribution in [2.45, 2.75) is 40.5 Å². The lowest BCUT2D eigenvalue weighted by molar-refractivity contribution is -0.121. The van der Waals surface area contributed by atoms with Crippen molar-refractivity contribution in [1.82, 2.24) is 5.32 Å². The molecule has 0 saturated heterocycles. The van der Waals surface area contributed by atoms with Gasteiger partial charge in [0.15, 0.2) is 0 Å². The van der Waals surface area contributed by atoms with Crippen LogP contribution in [0.3, 0.4) is 0 Å². The number of hydrogen-bond donors (Lipinski definition) is 2. The molecule has 88 valence electrons. The first-order valence-corrected chi connectivity index (χ1v) is 5.71. The average Bonchev–Trinajstić information content (AvgIpc) is 2.51. The van der Waals surface area contributed by atoms with Gasteiger partial charge in [-0.2, -0.15) is 0 Å². The van der Waals surface area contributed by atoms with Gasteiger partial charge < -0.3 is 10.4 Å². The lowest BCUT2D eigenvalue weighted by atomic mass is 10.0. The zero-order chi connectivity index (χ0) is 11.7. The van der Waals surface area contributed by atoms with Crippen molar-refractivity contribution in [3.8, 4) is 0 Å². The molecule has 1 amide bonds. The van der Waals surface area contributed by atoms with E-state index >= 15 is 0 Å². The van der Waals surface area contributed by atoms with E-state index < -0.39 is 0 Å². The highest BCUT2D eigenvalue weighted by molar-refractivity contribution is 5.75. The molecule has 0 bridgehead atoms. The van der Waals surface area contributed by atoms with E-state index in [1.54, 1.807) is 0 Å². The summed E-state index contributed by atoms with van der Waals surface area (Å²) in [5.74, 6) is 0.630. The molecule has 0 aromatic rings. The van der Waals surface area contributed by atoms with Crippen molar-refractivity contribution in [2.75, 3.05) is 13.2 Å². The second-order valence-electron chi connectivity index (χ2n) is 5.63. The number of nitrogens with one attached hydrogen (secondary N) is 1. The van der Waals surface area contributed by atoms with Gasteiger partial charge in [0.1, 0.15) is 0 Å². The predicted octanol–water partition coefficient (Wildman–Crippen LogP) is 1.56. The summed E-state index contributed by atoms with van der Waals surface area (Å²) in [7, 11) is 0. The maximum atomic E-state index is 11.3. The molecule has 15 heavy (non-hydrogen) atoms. The number of rotatable bonds is 5. The maximum absolute atomic E-state index is 11.3. The number of carbonyl (C=O) groups is 1. The summed E-state index contributed by atoms with van der Waals surface area (Å²) in [5, 5.41) is 11.5. The third kappa shape index (κ3) is 2.33. The first-order chi connectivity index (χ1) is 6.84. The normalized spacial score (nSPS) is 22.5. The summed E-state index contributed by atoms with van der Waals surface area (Å²) in [4.78, 5) is 11.3. The third-order valence-electron chi connectivity index (χ3n) is 4.38. The van der Waals surface area contributed by atoms with Gasteiger partial charge in [0.25, 0.3) is 0 Å². The molecule has 1 aliphatic carbocycles. The first kappa shape index (κ1) is 12.5. The Morgan fingerprint density at radius 2 is 1.80 bits per heavy atom. The minimum absolute atomic E-state index is 0.0579. The van der Waals surface area contributed by atoms with Crippen LogP contribution in [0.5, 0.6) is 0 Å². The van der Waals surface area contributed by atoms with Crippen LogP contribution in [0.1, 0.15) is 40.5 Å². The molecule has 1 fully saturated rings. The monoisotopic (exact) mass is 213 g/mol. The summed E-state index contributed by atoms with van der Waals surface area (Å²) < 4.78 is 0. The van der Waals surface area contributed by atoms with Crippen LogP contribution in [-0.2, 0) is 4.79 Å². The Hall–Kier alpha value is -0.570. The summed E-state index contributed by atoms with van der Waals surface area (Å²) in [5.41, 5.74) is 0.661.